The molecule has 5 nitrogen and oxygen atoms in total. The number of thiocarbonyl (C=S) groups is 1. The lowest BCUT2D eigenvalue weighted by Crippen LogP contribution is -2.38. The molecule has 0 spiro atoms. The van der Waals surface area contributed by atoms with Crippen LogP contribution in [0.4, 0.5) is 9.52 Å². The van der Waals surface area contributed by atoms with Crippen LogP contribution >= 0.6 is 23.6 Å². The number of nitrogens with one attached hydrogen (secondary N) is 3. The third kappa shape index (κ3) is 4.09. The standard InChI is InChI=1S/C16H15FN4OS2/c1-22-12-5-2-10(3-6-12)9-18-15(23)20-21-16-19-13-8-11(17)4-7-14(13)24-16/h2-8H,9H2,1H3,(H,19,21)(H2,18,20,23). The molecule has 0 unspecified atom stereocenters. The van der Waals surface area contributed by atoms with Crippen LogP contribution in [0.3, 0.4) is 0 Å². The third-order valence-electron chi connectivity index (χ3n) is 3.24. The van der Waals surface area contributed by atoms with Crippen LogP contribution in [-0.2, 0) is 6.54 Å². The molecule has 2 aromatic carbocycles. The molecular weight excluding hydrogens is 347 g/mol. The molecule has 0 amide bonds. The predicted molar refractivity (Wildman–Crippen MR) is 98.8 cm³/mol. The van der Waals surface area contributed by atoms with Gasteiger partial charge in [-0.2, -0.15) is 0 Å². The normalized spacial score (nSPS) is 10.4. The quantitative estimate of drug-likeness (QED) is 0.478. The van der Waals surface area contributed by atoms with Crippen LogP contribution < -0.4 is 20.9 Å². The van der Waals surface area contributed by atoms with Gasteiger partial charge in [0, 0.05) is 12.6 Å². The molecule has 8 heteroatoms. The van der Waals surface area contributed by atoms with Gasteiger partial charge in [0.15, 0.2) is 5.11 Å². The number of thiazole rings is 1. The van der Waals surface area contributed by atoms with Crippen molar-refractivity contribution in [3.05, 3.63) is 53.8 Å². The molecule has 0 fully saturated rings. The molecule has 0 saturated heterocycles. The highest BCUT2D eigenvalue weighted by Crippen LogP contribution is 2.25. The van der Waals surface area contributed by atoms with Crippen LogP contribution in [0, 0.1) is 5.82 Å². The average Bonchev–Trinajstić information content (AvgIpc) is 3.00. The minimum absolute atomic E-state index is 0.302. The summed E-state index contributed by atoms with van der Waals surface area (Å²) in [6, 6.07) is 12.2. The van der Waals surface area contributed by atoms with E-state index in [4.69, 9.17) is 17.0 Å². The Hall–Kier alpha value is -2.45. The SMILES string of the molecule is COc1ccc(CNC(=S)NNc2nc3cc(F)ccc3s2)cc1. The summed E-state index contributed by atoms with van der Waals surface area (Å²) in [5.74, 6) is 0.511. The summed E-state index contributed by atoms with van der Waals surface area (Å²) in [5.41, 5.74) is 7.48. The topological polar surface area (TPSA) is 58.2 Å². The van der Waals surface area contributed by atoms with E-state index in [1.807, 2.05) is 24.3 Å². The van der Waals surface area contributed by atoms with Crippen molar-refractivity contribution < 1.29 is 9.13 Å². The summed E-state index contributed by atoms with van der Waals surface area (Å²) in [7, 11) is 1.63. The van der Waals surface area contributed by atoms with Gasteiger partial charge in [0.1, 0.15) is 11.6 Å². The van der Waals surface area contributed by atoms with Crippen LogP contribution in [0.25, 0.3) is 10.2 Å². The lowest BCUT2D eigenvalue weighted by Gasteiger charge is -2.11. The fourth-order valence-electron chi connectivity index (χ4n) is 2.03. The molecule has 24 heavy (non-hydrogen) atoms. The van der Waals surface area contributed by atoms with E-state index >= 15 is 0 Å². The van der Waals surface area contributed by atoms with Crippen molar-refractivity contribution in [1.29, 1.82) is 0 Å². The minimum atomic E-state index is -0.302. The van der Waals surface area contributed by atoms with Crippen molar-refractivity contribution in [3.8, 4) is 5.75 Å². The first kappa shape index (κ1) is 16.4. The van der Waals surface area contributed by atoms with Crippen LogP contribution in [0.2, 0.25) is 0 Å². The Kier molecular flexibility index (Phi) is 5.07. The monoisotopic (exact) mass is 362 g/mol. The Labute approximate surface area is 147 Å². The maximum atomic E-state index is 13.2. The maximum Gasteiger partial charge on any atom is 0.202 e. The number of rotatable bonds is 5. The van der Waals surface area contributed by atoms with E-state index in [0.29, 0.717) is 22.3 Å². The smallest absolute Gasteiger partial charge is 0.202 e. The Bertz CT molecular complexity index is 851. The van der Waals surface area contributed by atoms with Gasteiger partial charge in [-0.25, -0.2) is 9.37 Å². The molecule has 0 aliphatic rings. The highest BCUT2D eigenvalue weighted by atomic mass is 32.1. The molecule has 1 aromatic heterocycles. The molecule has 0 aliphatic heterocycles. The Morgan fingerprint density at radius 1 is 1.25 bits per heavy atom. The number of hydrazine groups is 1. The van der Waals surface area contributed by atoms with Gasteiger partial charge < -0.3 is 10.1 Å². The first-order valence-electron chi connectivity index (χ1n) is 7.13. The first-order chi connectivity index (χ1) is 11.6. The van der Waals surface area contributed by atoms with Gasteiger partial charge in [0.2, 0.25) is 5.13 Å². The summed E-state index contributed by atoms with van der Waals surface area (Å²) >= 11 is 6.62. The van der Waals surface area contributed by atoms with E-state index < -0.39 is 0 Å². The molecule has 1 heterocycles. The van der Waals surface area contributed by atoms with E-state index in [2.05, 4.69) is 21.2 Å². The summed E-state index contributed by atoms with van der Waals surface area (Å²) in [6.07, 6.45) is 0. The summed E-state index contributed by atoms with van der Waals surface area (Å²) in [5, 5.41) is 4.14. The zero-order valence-corrected chi connectivity index (χ0v) is 14.4. The molecule has 124 valence electrons. The summed E-state index contributed by atoms with van der Waals surface area (Å²) < 4.78 is 19.2. The Balaban J connectivity index is 1.50. The molecule has 0 aliphatic carbocycles. The number of aromatic nitrogens is 1. The van der Waals surface area contributed by atoms with Crippen LogP contribution in [0.5, 0.6) is 5.75 Å². The number of halogens is 1. The third-order valence-corrected chi connectivity index (χ3v) is 4.44. The van der Waals surface area contributed by atoms with E-state index in [9.17, 15) is 4.39 Å². The number of fused-ring (bicyclic) bond motifs is 1. The fourth-order valence-corrected chi connectivity index (χ4v) is 2.96. The van der Waals surface area contributed by atoms with Gasteiger partial charge in [-0.15, -0.1) is 0 Å². The van der Waals surface area contributed by atoms with Crippen molar-refractivity contribution in [3.63, 3.8) is 0 Å². The maximum absolute atomic E-state index is 13.2. The molecule has 3 rings (SSSR count). The second-order valence-corrected chi connectivity index (χ2v) is 6.35. The fraction of sp³-hybridized carbons (Fsp3) is 0.125. The second-order valence-electron chi connectivity index (χ2n) is 4.91. The van der Waals surface area contributed by atoms with E-state index in [1.165, 1.54) is 23.5 Å². The summed E-state index contributed by atoms with van der Waals surface area (Å²) in [4.78, 5) is 4.29. The molecular formula is C16H15FN4OS2. The van der Waals surface area contributed by atoms with Crippen molar-refractivity contribution in [2.45, 2.75) is 6.54 Å². The Morgan fingerprint density at radius 2 is 2.04 bits per heavy atom. The van der Waals surface area contributed by atoms with Gasteiger partial charge in [0.05, 0.1) is 17.3 Å². The van der Waals surface area contributed by atoms with Crippen molar-refractivity contribution in [2.24, 2.45) is 0 Å². The number of ether oxygens (including phenoxy) is 1. The second kappa shape index (κ2) is 7.41. The van der Waals surface area contributed by atoms with Gasteiger partial charge in [-0.3, -0.25) is 10.9 Å². The van der Waals surface area contributed by atoms with Crippen molar-refractivity contribution in [1.82, 2.24) is 15.7 Å². The highest BCUT2D eigenvalue weighted by Gasteiger charge is 2.05. The minimum Gasteiger partial charge on any atom is -0.497 e. The largest absolute Gasteiger partial charge is 0.497 e. The lowest BCUT2D eigenvalue weighted by atomic mass is 10.2. The predicted octanol–water partition coefficient (Wildman–Crippen LogP) is 3.44. The van der Waals surface area contributed by atoms with E-state index in [1.54, 1.807) is 13.2 Å². The van der Waals surface area contributed by atoms with Crippen LogP contribution in [0.1, 0.15) is 5.56 Å². The number of benzene rings is 2. The number of nitrogens with zero attached hydrogens (tertiary/aromatic N) is 1. The molecule has 0 saturated carbocycles. The number of hydrogen-bond acceptors (Lipinski definition) is 5. The molecule has 3 N–H and O–H groups in total. The van der Waals surface area contributed by atoms with Gasteiger partial charge in [-0.1, -0.05) is 23.5 Å². The first-order valence-corrected chi connectivity index (χ1v) is 8.35. The van der Waals surface area contributed by atoms with Crippen LogP contribution in [0.15, 0.2) is 42.5 Å². The van der Waals surface area contributed by atoms with Crippen molar-refractivity contribution >= 4 is 44.0 Å². The number of methoxy groups -OCH3 is 1. The van der Waals surface area contributed by atoms with Crippen LogP contribution in [-0.4, -0.2) is 17.2 Å². The zero-order valence-electron chi connectivity index (χ0n) is 12.8. The van der Waals surface area contributed by atoms with Gasteiger partial charge >= 0.3 is 0 Å². The average molecular weight is 362 g/mol. The van der Waals surface area contributed by atoms with E-state index in [-0.39, 0.29) is 5.82 Å². The van der Waals surface area contributed by atoms with E-state index in [0.717, 1.165) is 16.0 Å². The highest BCUT2D eigenvalue weighted by molar-refractivity contribution is 7.80. The molecule has 3 aromatic rings. The number of hydrogen-bond donors (Lipinski definition) is 3. The van der Waals surface area contributed by atoms with Gasteiger partial charge in [-0.05, 0) is 42.0 Å². The van der Waals surface area contributed by atoms with Gasteiger partial charge in [0.25, 0.3) is 0 Å². The van der Waals surface area contributed by atoms with Crippen molar-refractivity contribution in [2.75, 3.05) is 12.5 Å². The molecule has 0 atom stereocenters. The Morgan fingerprint density at radius 3 is 2.79 bits per heavy atom. The lowest BCUT2D eigenvalue weighted by molar-refractivity contribution is 0.414. The molecule has 0 bridgehead atoms. The number of anilines is 1. The zero-order chi connectivity index (χ0) is 16.9. The molecule has 0 radical (unpaired) electrons. The summed E-state index contributed by atoms with van der Waals surface area (Å²) in [6.45, 7) is 0.586.